The molecule has 0 aliphatic heterocycles. The maximum Gasteiger partial charge on any atom is 0.220 e. The maximum atomic E-state index is 12.0. The molecule has 0 radical (unpaired) electrons. The van der Waals surface area contributed by atoms with Gasteiger partial charge in [-0.05, 0) is 31.0 Å². The Hall–Kier alpha value is -2.82. The molecule has 0 saturated carbocycles. The molecule has 0 spiro atoms. The van der Waals surface area contributed by atoms with Crippen LogP contribution in [-0.4, -0.2) is 28.4 Å². The Morgan fingerprint density at radius 1 is 1.16 bits per heavy atom. The molecule has 3 rings (SSSR count). The molecule has 0 unspecified atom stereocenters. The molecule has 2 heterocycles. The number of pyridine rings is 1. The number of hydrogen-bond acceptors (Lipinski definition) is 3. The van der Waals surface area contributed by atoms with Crippen molar-refractivity contribution in [2.75, 3.05) is 13.2 Å². The second-order valence-corrected chi connectivity index (χ2v) is 5.85. The number of fused-ring (bicyclic) bond motifs is 1. The summed E-state index contributed by atoms with van der Waals surface area (Å²) in [6.07, 6.45) is 5.90. The van der Waals surface area contributed by atoms with Crippen molar-refractivity contribution in [3.8, 4) is 5.75 Å². The van der Waals surface area contributed by atoms with Gasteiger partial charge in [0, 0.05) is 31.8 Å². The van der Waals surface area contributed by atoms with Crippen LogP contribution in [0.4, 0.5) is 0 Å². The van der Waals surface area contributed by atoms with Crippen molar-refractivity contribution in [3.63, 3.8) is 0 Å². The Labute approximate surface area is 147 Å². The second kappa shape index (κ2) is 8.33. The van der Waals surface area contributed by atoms with Gasteiger partial charge in [0.1, 0.15) is 0 Å². The molecule has 0 aliphatic rings. The number of nitrogens with zero attached hydrogens (tertiary/aromatic N) is 2. The third-order valence-electron chi connectivity index (χ3n) is 3.98. The number of amides is 1. The fourth-order valence-corrected chi connectivity index (χ4v) is 2.75. The van der Waals surface area contributed by atoms with Crippen molar-refractivity contribution in [2.45, 2.75) is 26.2 Å². The van der Waals surface area contributed by atoms with Crippen LogP contribution in [0.1, 0.15) is 24.6 Å². The zero-order valence-corrected chi connectivity index (χ0v) is 14.4. The topological polar surface area (TPSA) is 55.6 Å². The quantitative estimate of drug-likeness (QED) is 0.687. The number of carbonyl (C=O) groups is 1. The van der Waals surface area contributed by atoms with Crippen LogP contribution in [0.25, 0.3) is 5.65 Å². The van der Waals surface area contributed by atoms with E-state index in [1.807, 2.05) is 66.2 Å². The summed E-state index contributed by atoms with van der Waals surface area (Å²) in [5, 5.41) is 2.97. The minimum absolute atomic E-state index is 0.0719. The van der Waals surface area contributed by atoms with Crippen molar-refractivity contribution in [1.82, 2.24) is 14.7 Å². The van der Waals surface area contributed by atoms with Crippen LogP contribution in [0.2, 0.25) is 0 Å². The van der Waals surface area contributed by atoms with Gasteiger partial charge in [-0.3, -0.25) is 4.79 Å². The summed E-state index contributed by atoms with van der Waals surface area (Å²) in [5.41, 5.74) is 2.94. The van der Waals surface area contributed by atoms with Crippen molar-refractivity contribution in [2.24, 2.45) is 0 Å². The molecule has 0 bridgehead atoms. The predicted octanol–water partition coefficient (Wildman–Crippen LogP) is 3.02. The molecule has 2 aromatic heterocycles. The van der Waals surface area contributed by atoms with Crippen LogP contribution in [0.5, 0.6) is 5.75 Å². The summed E-state index contributed by atoms with van der Waals surface area (Å²) in [6.45, 7) is 3.15. The van der Waals surface area contributed by atoms with Crippen molar-refractivity contribution >= 4 is 11.6 Å². The Kier molecular flexibility index (Phi) is 5.67. The van der Waals surface area contributed by atoms with Gasteiger partial charge in [-0.15, -0.1) is 0 Å². The number of imidazole rings is 1. The van der Waals surface area contributed by atoms with E-state index in [4.69, 9.17) is 4.74 Å². The zero-order chi connectivity index (χ0) is 17.5. The summed E-state index contributed by atoms with van der Waals surface area (Å²) >= 11 is 0. The fraction of sp³-hybridized carbons (Fsp3) is 0.300. The minimum atomic E-state index is 0.0719. The lowest BCUT2D eigenvalue weighted by atomic mass is 10.1. The largest absolute Gasteiger partial charge is 0.490 e. The van der Waals surface area contributed by atoms with E-state index in [0.29, 0.717) is 26.0 Å². The highest BCUT2D eigenvalue weighted by Gasteiger charge is 2.08. The Morgan fingerprint density at radius 3 is 2.80 bits per heavy atom. The number of rotatable bonds is 8. The van der Waals surface area contributed by atoms with E-state index in [0.717, 1.165) is 23.5 Å². The van der Waals surface area contributed by atoms with Crippen molar-refractivity contribution in [3.05, 3.63) is 66.1 Å². The lowest BCUT2D eigenvalue weighted by Crippen LogP contribution is -2.25. The Balaban J connectivity index is 1.49. The Bertz CT molecular complexity index is 827. The first-order chi connectivity index (χ1) is 12.3. The molecule has 3 aromatic rings. The van der Waals surface area contributed by atoms with E-state index in [1.165, 1.54) is 5.56 Å². The molecule has 0 atom stereocenters. The highest BCUT2D eigenvalue weighted by Crippen LogP contribution is 2.19. The molecule has 1 aromatic carbocycles. The molecule has 1 N–H and O–H groups in total. The van der Waals surface area contributed by atoms with Gasteiger partial charge in [0.2, 0.25) is 5.91 Å². The molecular weight excluding hydrogens is 314 g/mol. The average molecular weight is 337 g/mol. The number of aromatic nitrogens is 2. The predicted molar refractivity (Wildman–Crippen MR) is 97.8 cm³/mol. The van der Waals surface area contributed by atoms with Gasteiger partial charge in [0.25, 0.3) is 0 Å². The summed E-state index contributed by atoms with van der Waals surface area (Å²) in [4.78, 5) is 16.6. The average Bonchev–Trinajstić information content (AvgIpc) is 3.05. The summed E-state index contributed by atoms with van der Waals surface area (Å²) < 4.78 is 7.55. The lowest BCUT2D eigenvalue weighted by molar-refractivity contribution is -0.121. The van der Waals surface area contributed by atoms with E-state index >= 15 is 0 Å². The van der Waals surface area contributed by atoms with Gasteiger partial charge in [0.15, 0.2) is 11.4 Å². The van der Waals surface area contributed by atoms with Gasteiger partial charge in [-0.25, -0.2) is 4.98 Å². The van der Waals surface area contributed by atoms with Gasteiger partial charge < -0.3 is 14.5 Å². The molecule has 0 aliphatic carbocycles. The lowest BCUT2D eigenvalue weighted by Gasteiger charge is -2.04. The number of aryl methyl sites for hydroxylation is 1. The van der Waals surface area contributed by atoms with Crippen molar-refractivity contribution in [1.29, 1.82) is 0 Å². The minimum Gasteiger partial charge on any atom is -0.490 e. The highest BCUT2D eigenvalue weighted by atomic mass is 16.5. The SMILES string of the molecule is CCOc1cccn2cc(CCNC(=O)CCc3ccccc3)nc12. The van der Waals surface area contributed by atoms with Gasteiger partial charge >= 0.3 is 0 Å². The molecular formula is C20H23N3O2. The van der Waals surface area contributed by atoms with Crippen LogP contribution >= 0.6 is 0 Å². The molecule has 130 valence electrons. The van der Waals surface area contributed by atoms with Crippen molar-refractivity contribution < 1.29 is 9.53 Å². The normalized spacial score (nSPS) is 10.8. The van der Waals surface area contributed by atoms with Gasteiger partial charge in [-0.1, -0.05) is 30.3 Å². The van der Waals surface area contributed by atoms with Crippen LogP contribution in [0.3, 0.4) is 0 Å². The summed E-state index contributed by atoms with van der Waals surface area (Å²) in [6, 6.07) is 13.9. The first kappa shape index (κ1) is 17.0. The number of carbonyl (C=O) groups excluding carboxylic acids is 1. The highest BCUT2D eigenvalue weighted by molar-refractivity contribution is 5.76. The van der Waals surface area contributed by atoms with E-state index < -0.39 is 0 Å². The van der Waals surface area contributed by atoms with E-state index in [9.17, 15) is 4.79 Å². The molecule has 1 amide bonds. The summed E-state index contributed by atoms with van der Waals surface area (Å²) in [5.74, 6) is 0.853. The first-order valence-electron chi connectivity index (χ1n) is 8.66. The number of ether oxygens (including phenoxy) is 1. The fourth-order valence-electron chi connectivity index (χ4n) is 2.75. The molecule has 5 heteroatoms. The maximum absolute atomic E-state index is 12.0. The number of hydrogen-bond donors (Lipinski definition) is 1. The van der Waals surface area contributed by atoms with Gasteiger partial charge in [-0.2, -0.15) is 0 Å². The number of nitrogens with one attached hydrogen (secondary N) is 1. The number of benzene rings is 1. The molecule has 0 saturated heterocycles. The third kappa shape index (κ3) is 4.59. The Morgan fingerprint density at radius 2 is 2.00 bits per heavy atom. The smallest absolute Gasteiger partial charge is 0.220 e. The third-order valence-corrected chi connectivity index (χ3v) is 3.98. The standard InChI is InChI=1S/C20H23N3O2/c1-2-25-18-9-6-14-23-15-17(22-20(18)23)12-13-21-19(24)11-10-16-7-4-3-5-8-16/h3-9,14-15H,2,10-13H2,1H3,(H,21,24). The van der Waals surface area contributed by atoms with E-state index in [2.05, 4.69) is 10.3 Å². The molecule has 0 fully saturated rings. The van der Waals surface area contributed by atoms with Crippen LogP contribution in [0.15, 0.2) is 54.9 Å². The summed E-state index contributed by atoms with van der Waals surface area (Å²) in [7, 11) is 0. The van der Waals surface area contributed by atoms with Crippen LogP contribution in [0, 0.1) is 0 Å². The second-order valence-electron chi connectivity index (χ2n) is 5.85. The molecule has 25 heavy (non-hydrogen) atoms. The first-order valence-corrected chi connectivity index (χ1v) is 8.66. The van der Waals surface area contributed by atoms with E-state index in [1.54, 1.807) is 0 Å². The van der Waals surface area contributed by atoms with Crippen LogP contribution < -0.4 is 10.1 Å². The zero-order valence-electron chi connectivity index (χ0n) is 14.4. The van der Waals surface area contributed by atoms with Crippen LogP contribution in [-0.2, 0) is 17.6 Å². The monoisotopic (exact) mass is 337 g/mol. The van der Waals surface area contributed by atoms with Gasteiger partial charge in [0.05, 0.1) is 12.3 Å². The molecule has 5 nitrogen and oxygen atoms in total. The van der Waals surface area contributed by atoms with E-state index in [-0.39, 0.29) is 5.91 Å².